The summed E-state index contributed by atoms with van der Waals surface area (Å²) in [5.74, 6) is 0.669. The lowest BCUT2D eigenvalue weighted by atomic mass is 10.2. The number of nitrogens with one attached hydrogen (secondary N) is 1. The summed E-state index contributed by atoms with van der Waals surface area (Å²) in [6.45, 7) is 0. The number of rotatable bonds is 8. The largest absolute Gasteiger partial charge is 0.497 e. The first kappa shape index (κ1) is 22.6. The third-order valence-electron chi connectivity index (χ3n) is 4.62. The van der Waals surface area contributed by atoms with Gasteiger partial charge in [-0.3, -0.25) is 9.36 Å². The Morgan fingerprint density at radius 1 is 1.06 bits per heavy atom. The third kappa shape index (κ3) is 5.07. The molecule has 1 N–H and O–H groups in total. The summed E-state index contributed by atoms with van der Waals surface area (Å²) in [5.41, 5.74) is 2.14. The average molecular weight is 481 g/mol. The van der Waals surface area contributed by atoms with Crippen molar-refractivity contribution < 1.29 is 19.1 Å². The van der Waals surface area contributed by atoms with E-state index in [4.69, 9.17) is 9.47 Å². The second kappa shape index (κ2) is 10.3. The third-order valence-corrected chi connectivity index (χ3v) is 6.44. The number of ether oxygens (including phenoxy) is 2. The van der Waals surface area contributed by atoms with Crippen LogP contribution in [0.4, 0.5) is 5.69 Å². The molecule has 0 spiro atoms. The Balaban J connectivity index is 1.58. The fourth-order valence-electron chi connectivity index (χ4n) is 3.10. The van der Waals surface area contributed by atoms with Gasteiger partial charge < -0.3 is 14.8 Å². The SMILES string of the molecule is COC(=O)c1sccc1NC(=O)CSc1nnc(-c2cccc(OC)c2)n1-c1ccccc1. The molecule has 0 bridgehead atoms. The van der Waals surface area contributed by atoms with E-state index in [-0.39, 0.29) is 11.7 Å². The number of para-hydroxylation sites is 1. The minimum Gasteiger partial charge on any atom is -0.497 e. The van der Waals surface area contributed by atoms with Crippen molar-refractivity contribution in [3.05, 3.63) is 70.9 Å². The lowest BCUT2D eigenvalue weighted by molar-refractivity contribution is -0.113. The van der Waals surface area contributed by atoms with E-state index in [0.29, 0.717) is 27.3 Å². The molecular formula is C23H20N4O4S2. The molecule has 0 aliphatic carbocycles. The van der Waals surface area contributed by atoms with Gasteiger partial charge in [0.05, 0.1) is 25.7 Å². The van der Waals surface area contributed by atoms with Crippen molar-refractivity contribution in [1.82, 2.24) is 14.8 Å². The van der Waals surface area contributed by atoms with Crippen molar-refractivity contribution in [2.24, 2.45) is 0 Å². The number of carbonyl (C=O) groups excluding carboxylic acids is 2. The number of benzene rings is 2. The predicted octanol–water partition coefficient (Wildman–Crippen LogP) is 4.52. The van der Waals surface area contributed by atoms with Crippen LogP contribution in [-0.2, 0) is 9.53 Å². The maximum Gasteiger partial charge on any atom is 0.350 e. The van der Waals surface area contributed by atoms with Crippen LogP contribution in [0.5, 0.6) is 5.75 Å². The van der Waals surface area contributed by atoms with E-state index in [1.807, 2.05) is 59.2 Å². The van der Waals surface area contributed by atoms with E-state index >= 15 is 0 Å². The zero-order valence-corrected chi connectivity index (χ0v) is 19.5. The molecule has 2 aromatic carbocycles. The number of hydrogen-bond acceptors (Lipinski definition) is 8. The number of carbonyl (C=O) groups is 2. The highest BCUT2D eigenvalue weighted by Gasteiger charge is 2.19. The molecule has 33 heavy (non-hydrogen) atoms. The molecule has 0 saturated carbocycles. The molecule has 0 unspecified atom stereocenters. The molecule has 4 rings (SSSR count). The molecule has 0 atom stereocenters. The molecule has 1 amide bonds. The minimum atomic E-state index is -0.486. The molecule has 0 aliphatic rings. The second-order valence-electron chi connectivity index (χ2n) is 6.70. The highest BCUT2D eigenvalue weighted by molar-refractivity contribution is 7.99. The molecular weight excluding hydrogens is 460 g/mol. The van der Waals surface area contributed by atoms with Crippen molar-refractivity contribution in [1.29, 1.82) is 0 Å². The Hall–Kier alpha value is -3.63. The molecule has 0 radical (unpaired) electrons. The quantitative estimate of drug-likeness (QED) is 0.293. The Morgan fingerprint density at radius 3 is 2.64 bits per heavy atom. The number of anilines is 1. The fraction of sp³-hybridized carbons (Fsp3) is 0.130. The molecule has 168 valence electrons. The van der Waals surface area contributed by atoms with Gasteiger partial charge in [0.25, 0.3) is 0 Å². The number of amides is 1. The first-order valence-corrected chi connectivity index (χ1v) is 11.7. The van der Waals surface area contributed by atoms with Gasteiger partial charge in [0.2, 0.25) is 5.91 Å². The standard InChI is InChI=1S/C23H20N4O4S2/c1-30-17-10-6-7-15(13-17)21-25-26-23(27(21)16-8-4-3-5-9-16)33-14-19(28)24-18-11-12-32-20(18)22(29)31-2/h3-13H,14H2,1-2H3,(H,24,28). The Bertz CT molecular complexity index is 1270. The van der Waals surface area contributed by atoms with Crippen molar-refractivity contribution >= 4 is 40.7 Å². The van der Waals surface area contributed by atoms with Crippen molar-refractivity contribution in [3.8, 4) is 22.8 Å². The second-order valence-corrected chi connectivity index (χ2v) is 8.56. The number of nitrogens with zero attached hydrogens (tertiary/aromatic N) is 3. The Labute approximate surface area is 198 Å². The van der Waals surface area contributed by atoms with Gasteiger partial charge >= 0.3 is 5.97 Å². The van der Waals surface area contributed by atoms with Crippen LogP contribution in [0.3, 0.4) is 0 Å². The Kier molecular flexibility index (Phi) is 7.06. The molecule has 0 saturated heterocycles. The molecule has 0 aliphatic heterocycles. The zero-order chi connectivity index (χ0) is 23.2. The van der Waals surface area contributed by atoms with Gasteiger partial charge in [0, 0.05) is 11.3 Å². The van der Waals surface area contributed by atoms with Gasteiger partial charge in [-0.15, -0.1) is 21.5 Å². The number of aromatic nitrogens is 3. The maximum absolute atomic E-state index is 12.6. The van der Waals surface area contributed by atoms with Gasteiger partial charge in [-0.2, -0.15) is 0 Å². The maximum atomic E-state index is 12.6. The molecule has 0 fully saturated rings. The monoisotopic (exact) mass is 480 g/mol. The van der Waals surface area contributed by atoms with Crippen molar-refractivity contribution in [2.75, 3.05) is 25.3 Å². The molecule has 2 aromatic heterocycles. The summed E-state index contributed by atoms with van der Waals surface area (Å²) in [6, 6.07) is 18.9. The fourth-order valence-corrected chi connectivity index (χ4v) is 4.61. The van der Waals surface area contributed by atoms with Crippen LogP contribution in [0.25, 0.3) is 17.1 Å². The summed E-state index contributed by atoms with van der Waals surface area (Å²) in [6.07, 6.45) is 0. The number of methoxy groups -OCH3 is 2. The van der Waals surface area contributed by atoms with E-state index in [9.17, 15) is 9.59 Å². The summed E-state index contributed by atoms with van der Waals surface area (Å²) in [5, 5.41) is 13.8. The highest BCUT2D eigenvalue weighted by atomic mass is 32.2. The number of thioether (sulfide) groups is 1. The summed E-state index contributed by atoms with van der Waals surface area (Å²) in [4.78, 5) is 24.8. The van der Waals surface area contributed by atoms with Gasteiger partial charge in [0.1, 0.15) is 10.6 Å². The molecule has 8 nitrogen and oxygen atoms in total. The summed E-state index contributed by atoms with van der Waals surface area (Å²) < 4.78 is 12.0. The molecule has 4 aromatic rings. The van der Waals surface area contributed by atoms with E-state index in [2.05, 4.69) is 15.5 Å². The van der Waals surface area contributed by atoms with Gasteiger partial charge in [-0.05, 0) is 35.7 Å². The number of hydrogen-bond donors (Lipinski definition) is 1. The number of esters is 1. The lowest BCUT2D eigenvalue weighted by Crippen LogP contribution is -2.16. The van der Waals surface area contributed by atoms with Crippen LogP contribution in [0.1, 0.15) is 9.67 Å². The van der Waals surface area contributed by atoms with Crippen LogP contribution < -0.4 is 10.1 Å². The summed E-state index contributed by atoms with van der Waals surface area (Å²) >= 11 is 2.46. The van der Waals surface area contributed by atoms with Crippen LogP contribution in [-0.4, -0.2) is 46.6 Å². The van der Waals surface area contributed by atoms with E-state index in [0.717, 1.165) is 11.3 Å². The van der Waals surface area contributed by atoms with Crippen LogP contribution in [0, 0.1) is 0 Å². The first-order chi connectivity index (χ1) is 16.1. The predicted molar refractivity (Wildman–Crippen MR) is 128 cm³/mol. The van der Waals surface area contributed by atoms with Crippen molar-refractivity contribution in [2.45, 2.75) is 5.16 Å². The average Bonchev–Trinajstić information content (AvgIpc) is 3.50. The number of thiophene rings is 1. The van der Waals surface area contributed by atoms with E-state index < -0.39 is 5.97 Å². The van der Waals surface area contributed by atoms with E-state index in [1.165, 1.54) is 30.2 Å². The normalized spacial score (nSPS) is 10.6. The van der Waals surface area contributed by atoms with Crippen LogP contribution in [0.2, 0.25) is 0 Å². The van der Waals surface area contributed by atoms with Crippen LogP contribution in [0.15, 0.2) is 71.2 Å². The van der Waals surface area contributed by atoms with Gasteiger partial charge in [-0.25, -0.2) is 4.79 Å². The van der Waals surface area contributed by atoms with Gasteiger partial charge in [0.15, 0.2) is 11.0 Å². The smallest absolute Gasteiger partial charge is 0.350 e. The van der Waals surface area contributed by atoms with Crippen LogP contribution >= 0.6 is 23.1 Å². The summed E-state index contributed by atoms with van der Waals surface area (Å²) in [7, 11) is 2.92. The molecule has 10 heteroatoms. The first-order valence-electron chi connectivity index (χ1n) is 9.84. The van der Waals surface area contributed by atoms with Gasteiger partial charge in [-0.1, -0.05) is 42.1 Å². The zero-order valence-electron chi connectivity index (χ0n) is 17.8. The highest BCUT2D eigenvalue weighted by Crippen LogP contribution is 2.30. The molecule has 2 heterocycles. The minimum absolute atomic E-state index is 0.0829. The van der Waals surface area contributed by atoms with E-state index in [1.54, 1.807) is 18.6 Å². The van der Waals surface area contributed by atoms with Crippen molar-refractivity contribution in [3.63, 3.8) is 0 Å². The topological polar surface area (TPSA) is 95.3 Å². The lowest BCUT2D eigenvalue weighted by Gasteiger charge is -2.11. The Morgan fingerprint density at radius 2 is 1.88 bits per heavy atom.